The van der Waals surface area contributed by atoms with Gasteiger partial charge in [0, 0.05) is 18.8 Å². The van der Waals surface area contributed by atoms with Crippen LogP contribution in [0.5, 0.6) is 0 Å². The van der Waals surface area contributed by atoms with E-state index in [4.69, 9.17) is 5.73 Å². The summed E-state index contributed by atoms with van der Waals surface area (Å²) in [5.74, 6) is 0.577. The van der Waals surface area contributed by atoms with E-state index in [0.717, 1.165) is 5.56 Å². The van der Waals surface area contributed by atoms with E-state index in [-0.39, 0.29) is 0 Å². The fourth-order valence-electron chi connectivity index (χ4n) is 1.42. The molecule has 2 aromatic heterocycles. The summed E-state index contributed by atoms with van der Waals surface area (Å²) in [6.45, 7) is 1.91. The Morgan fingerprint density at radius 2 is 2.38 bits per heavy atom. The Morgan fingerprint density at radius 3 is 2.94 bits per heavy atom. The van der Waals surface area contributed by atoms with Crippen molar-refractivity contribution in [3.8, 4) is 0 Å². The van der Waals surface area contributed by atoms with Crippen molar-refractivity contribution in [2.24, 2.45) is 12.8 Å². The number of nitrogens with two attached hydrogens (primary N) is 1. The second kappa shape index (κ2) is 3.69. The smallest absolute Gasteiger partial charge is 0.254 e. The Morgan fingerprint density at radius 1 is 1.62 bits per heavy atom. The normalized spacial score (nSPS) is 10.4. The number of H-pyrrole nitrogens is 1. The number of aromatic amines is 1. The molecular weight excluding hydrogens is 208 g/mol. The van der Waals surface area contributed by atoms with Crippen molar-refractivity contribution < 1.29 is 4.79 Å². The molecule has 0 aliphatic rings. The van der Waals surface area contributed by atoms with E-state index >= 15 is 0 Å². The van der Waals surface area contributed by atoms with Gasteiger partial charge in [-0.3, -0.25) is 14.6 Å². The van der Waals surface area contributed by atoms with E-state index in [1.807, 2.05) is 20.2 Å². The third kappa shape index (κ3) is 1.74. The average molecular weight is 220 g/mol. The predicted octanol–water partition coefficient (Wildman–Crippen LogP) is 0.294. The monoisotopic (exact) mass is 220 g/mol. The van der Waals surface area contributed by atoms with Gasteiger partial charge in [-0.2, -0.15) is 10.2 Å². The highest BCUT2D eigenvalue weighted by Gasteiger charge is 2.12. The number of carbonyl (C=O) groups excluding carboxylic acids is 1. The van der Waals surface area contributed by atoms with E-state index in [1.54, 1.807) is 4.68 Å². The molecule has 84 valence electrons. The zero-order valence-corrected chi connectivity index (χ0v) is 8.98. The van der Waals surface area contributed by atoms with Crippen molar-refractivity contribution in [1.29, 1.82) is 0 Å². The van der Waals surface area contributed by atoms with Gasteiger partial charge in [0.1, 0.15) is 11.4 Å². The lowest BCUT2D eigenvalue weighted by atomic mass is 10.3. The topological polar surface area (TPSA) is 102 Å². The molecule has 2 heterocycles. The Balaban J connectivity index is 2.30. The van der Waals surface area contributed by atoms with Crippen molar-refractivity contribution in [2.75, 3.05) is 5.32 Å². The van der Waals surface area contributed by atoms with Crippen LogP contribution in [0.3, 0.4) is 0 Å². The second-order valence-corrected chi connectivity index (χ2v) is 3.48. The highest BCUT2D eigenvalue weighted by atomic mass is 16.1. The molecule has 16 heavy (non-hydrogen) atoms. The SMILES string of the molecule is Cc1cn(C)nc1Nc1[nH]ncc1C(N)=O. The number of carbonyl (C=O) groups is 1. The number of aryl methyl sites for hydroxylation is 2. The zero-order valence-electron chi connectivity index (χ0n) is 8.98. The van der Waals surface area contributed by atoms with Crippen LogP contribution in [-0.4, -0.2) is 25.9 Å². The molecule has 0 aliphatic heterocycles. The third-order valence-electron chi connectivity index (χ3n) is 2.16. The van der Waals surface area contributed by atoms with Crippen molar-refractivity contribution in [2.45, 2.75) is 6.92 Å². The summed E-state index contributed by atoms with van der Waals surface area (Å²) < 4.78 is 1.68. The molecular formula is C9H12N6O. The van der Waals surface area contributed by atoms with Gasteiger partial charge in [0.15, 0.2) is 5.82 Å². The average Bonchev–Trinajstić information content (AvgIpc) is 2.75. The highest BCUT2D eigenvalue weighted by molar-refractivity contribution is 5.97. The van der Waals surface area contributed by atoms with Gasteiger partial charge in [-0.1, -0.05) is 0 Å². The van der Waals surface area contributed by atoms with Crippen LogP contribution in [-0.2, 0) is 7.05 Å². The third-order valence-corrected chi connectivity index (χ3v) is 2.16. The molecule has 0 spiro atoms. The zero-order chi connectivity index (χ0) is 11.7. The fourth-order valence-corrected chi connectivity index (χ4v) is 1.42. The number of hydrogen-bond acceptors (Lipinski definition) is 4. The molecule has 1 amide bonds. The van der Waals surface area contributed by atoms with Crippen LogP contribution in [0.15, 0.2) is 12.4 Å². The molecule has 4 N–H and O–H groups in total. The van der Waals surface area contributed by atoms with Gasteiger partial charge in [-0.25, -0.2) is 0 Å². The Kier molecular flexibility index (Phi) is 2.35. The lowest BCUT2D eigenvalue weighted by Crippen LogP contribution is -2.12. The maximum Gasteiger partial charge on any atom is 0.254 e. The summed E-state index contributed by atoms with van der Waals surface area (Å²) in [5.41, 5.74) is 6.47. The molecule has 0 bridgehead atoms. The van der Waals surface area contributed by atoms with Gasteiger partial charge in [0.2, 0.25) is 0 Å². The maximum absolute atomic E-state index is 11.1. The quantitative estimate of drug-likeness (QED) is 0.692. The highest BCUT2D eigenvalue weighted by Crippen LogP contribution is 2.18. The maximum atomic E-state index is 11.1. The Hall–Kier alpha value is -2.31. The van der Waals surface area contributed by atoms with Crippen LogP contribution >= 0.6 is 0 Å². The van der Waals surface area contributed by atoms with Crippen LogP contribution < -0.4 is 11.1 Å². The first-order valence-corrected chi connectivity index (χ1v) is 4.68. The van der Waals surface area contributed by atoms with E-state index in [2.05, 4.69) is 20.6 Å². The summed E-state index contributed by atoms with van der Waals surface area (Å²) in [7, 11) is 1.82. The molecule has 0 saturated heterocycles. The van der Waals surface area contributed by atoms with Crippen molar-refractivity contribution in [1.82, 2.24) is 20.0 Å². The predicted molar refractivity (Wildman–Crippen MR) is 58.3 cm³/mol. The number of primary amides is 1. The number of anilines is 2. The van der Waals surface area contributed by atoms with E-state index in [1.165, 1.54) is 6.20 Å². The van der Waals surface area contributed by atoms with Gasteiger partial charge in [0.05, 0.1) is 6.20 Å². The molecule has 0 aliphatic carbocycles. The largest absolute Gasteiger partial charge is 0.365 e. The molecule has 2 aromatic rings. The summed E-state index contributed by atoms with van der Waals surface area (Å²) in [6.07, 6.45) is 3.24. The van der Waals surface area contributed by atoms with Gasteiger partial charge < -0.3 is 11.1 Å². The molecule has 0 radical (unpaired) electrons. The van der Waals surface area contributed by atoms with Crippen LogP contribution in [0, 0.1) is 6.92 Å². The number of amides is 1. The molecule has 0 aromatic carbocycles. The first-order valence-electron chi connectivity index (χ1n) is 4.68. The molecule has 0 unspecified atom stereocenters. The fraction of sp³-hybridized carbons (Fsp3) is 0.222. The lowest BCUT2D eigenvalue weighted by Gasteiger charge is -2.02. The molecule has 0 saturated carbocycles. The summed E-state index contributed by atoms with van der Waals surface area (Å²) in [4.78, 5) is 11.1. The van der Waals surface area contributed by atoms with Crippen LogP contribution in [0.25, 0.3) is 0 Å². The first kappa shape index (κ1) is 10.2. The van der Waals surface area contributed by atoms with Gasteiger partial charge >= 0.3 is 0 Å². The van der Waals surface area contributed by atoms with Gasteiger partial charge in [0.25, 0.3) is 5.91 Å². The van der Waals surface area contributed by atoms with Crippen molar-refractivity contribution in [3.05, 3.63) is 23.5 Å². The minimum absolute atomic E-state index is 0.310. The first-order chi connectivity index (χ1) is 7.58. The molecule has 7 heteroatoms. The number of nitrogens with zero attached hydrogens (tertiary/aromatic N) is 3. The minimum atomic E-state index is -0.537. The van der Waals surface area contributed by atoms with Crippen molar-refractivity contribution in [3.63, 3.8) is 0 Å². The van der Waals surface area contributed by atoms with E-state index < -0.39 is 5.91 Å². The van der Waals surface area contributed by atoms with Crippen LogP contribution in [0.2, 0.25) is 0 Å². The molecule has 0 atom stereocenters. The number of hydrogen-bond donors (Lipinski definition) is 3. The molecule has 7 nitrogen and oxygen atoms in total. The van der Waals surface area contributed by atoms with Crippen LogP contribution in [0.1, 0.15) is 15.9 Å². The van der Waals surface area contributed by atoms with Gasteiger partial charge in [-0.15, -0.1) is 0 Å². The summed E-state index contributed by atoms with van der Waals surface area (Å²) in [5, 5.41) is 13.6. The minimum Gasteiger partial charge on any atom is -0.365 e. The number of nitrogens with one attached hydrogen (secondary N) is 2. The van der Waals surface area contributed by atoms with Crippen LogP contribution in [0.4, 0.5) is 11.6 Å². The summed E-state index contributed by atoms with van der Waals surface area (Å²) >= 11 is 0. The van der Waals surface area contributed by atoms with E-state index in [0.29, 0.717) is 17.2 Å². The number of rotatable bonds is 3. The standard InChI is InChI=1S/C9H12N6O/c1-5-4-15(2)14-8(5)12-9-6(7(10)16)3-11-13-9/h3-4H,1-2H3,(H2,10,16)(H2,11,12,13,14). The lowest BCUT2D eigenvalue weighted by molar-refractivity contribution is 0.100. The van der Waals surface area contributed by atoms with E-state index in [9.17, 15) is 4.79 Å². The summed E-state index contributed by atoms with van der Waals surface area (Å²) in [6, 6.07) is 0. The Labute approximate surface area is 91.6 Å². The second-order valence-electron chi connectivity index (χ2n) is 3.48. The number of aromatic nitrogens is 4. The Bertz CT molecular complexity index is 526. The molecule has 2 rings (SSSR count). The van der Waals surface area contributed by atoms with Gasteiger partial charge in [-0.05, 0) is 6.92 Å². The van der Waals surface area contributed by atoms with Crippen molar-refractivity contribution >= 4 is 17.5 Å². The molecule has 0 fully saturated rings.